The fourth-order valence-corrected chi connectivity index (χ4v) is 2.79. The van der Waals surface area contributed by atoms with E-state index in [9.17, 15) is 4.79 Å². The summed E-state index contributed by atoms with van der Waals surface area (Å²) in [5.41, 5.74) is 0.542. The number of hydrogen-bond donors (Lipinski definition) is 2. The van der Waals surface area contributed by atoms with Crippen LogP contribution in [-0.2, 0) is 0 Å². The van der Waals surface area contributed by atoms with Gasteiger partial charge in [-0.1, -0.05) is 0 Å². The minimum atomic E-state index is -0.0963. The smallest absolute Gasteiger partial charge is 0.251 e. The summed E-state index contributed by atoms with van der Waals surface area (Å²) in [4.78, 5) is 12.3. The Hall–Kier alpha value is -1.27. The fraction of sp³-hybridized carbons (Fsp3) is 0.500. The van der Waals surface area contributed by atoms with Gasteiger partial charge in [-0.15, -0.1) is 0 Å². The molecule has 0 aromatic heterocycles. The molecule has 0 radical (unpaired) electrons. The molecule has 2 rings (SSSR count). The SMILES string of the molecule is COc1cc(C(=O)NC2CCNCC2)cc(OC)c1Br. The highest BCUT2D eigenvalue weighted by molar-refractivity contribution is 9.10. The molecule has 20 heavy (non-hydrogen) atoms. The zero-order chi connectivity index (χ0) is 14.5. The molecule has 1 aromatic carbocycles. The van der Waals surface area contributed by atoms with Crippen molar-refractivity contribution in [1.82, 2.24) is 10.6 Å². The lowest BCUT2D eigenvalue weighted by molar-refractivity contribution is 0.0929. The first-order chi connectivity index (χ1) is 9.65. The fourth-order valence-electron chi connectivity index (χ4n) is 2.24. The Balaban J connectivity index is 2.16. The normalized spacial score (nSPS) is 15.8. The van der Waals surface area contributed by atoms with E-state index in [1.165, 1.54) is 0 Å². The van der Waals surface area contributed by atoms with E-state index in [0.717, 1.165) is 25.9 Å². The highest BCUT2D eigenvalue weighted by Crippen LogP contribution is 2.35. The van der Waals surface area contributed by atoms with E-state index in [4.69, 9.17) is 9.47 Å². The van der Waals surface area contributed by atoms with E-state index >= 15 is 0 Å². The molecule has 0 spiro atoms. The highest BCUT2D eigenvalue weighted by Gasteiger charge is 2.19. The van der Waals surface area contributed by atoms with Crippen LogP contribution in [0.3, 0.4) is 0 Å². The van der Waals surface area contributed by atoms with Gasteiger partial charge in [0.1, 0.15) is 16.0 Å². The minimum absolute atomic E-state index is 0.0963. The molecule has 1 amide bonds. The lowest BCUT2D eigenvalue weighted by atomic mass is 10.1. The van der Waals surface area contributed by atoms with Crippen LogP contribution >= 0.6 is 15.9 Å². The Morgan fingerprint density at radius 3 is 2.30 bits per heavy atom. The first-order valence-electron chi connectivity index (χ1n) is 6.58. The predicted octanol–water partition coefficient (Wildman–Crippen LogP) is 1.95. The van der Waals surface area contributed by atoms with E-state index in [2.05, 4.69) is 26.6 Å². The van der Waals surface area contributed by atoms with Crippen LogP contribution in [0.15, 0.2) is 16.6 Å². The zero-order valence-electron chi connectivity index (χ0n) is 11.7. The second-order valence-electron chi connectivity index (χ2n) is 4.69. The lowest BCUT2D eigenvalue weighted by Gasteiger charge is -2.24. The Morgan fingerprint density at radius 1 is 1.25 bits per heavy atom. The molecule has 110 valence electrons. The Labute approximate surface area is 127 Å². The molecule has 2 N–H and O–H groups in total. The molecule has 0 saturated carbocycles. The summed E-state index contributed by atoms with van der Waals surface area (Å²) in [5, 5.41) is 6.33. The third-order valence-electron chi connectivity index (χ3n) is 3.38. The van der Waals surface area contributed by atoms with E-state index in [-0.39, 0.29) is 11.9 Å². The van der Waals surface area contributed by atoms with Crippen molar-refractivity contribution in [3.05, 3.63) is 22.2 Å². The summed E-state index contributed by atoms with van der Waals surface area (Å²) >= 11 is 3.39. The van der Waals surface area contributed by atoms with Crippen molar-refractivity contribution in [2.24, 2.45) is 0 Å². The molecule has 0 atom stereocenters. The summed E-state index contributed by atoms with van der Waals surface area (Å²) in [6.07, 6.45) is 1.91. The summed E-state index contributed by atoms with van der Waals surface area (Å²) in [7, 11) is 3.13. The second kappa shape index (κ2) is 6.95. The summed E-state index contributed by atoms with van der Waals surface area (Å²) in [6, 6.07) is 3.65. The highest BCUT2D eigenvalue weighted by atomic mass is 79.9. The number of ether oxygens (including phenoxy) is 2. The maximum absolute atomic E-state index is 12.3. The van der Waals surface area contributed by atoms with Gasteiger partial charge in [-0.3, -0.25) is 4.79 Å². The maximum Gasteiger partial charge on any atom is 0.251 e. The number of methoxy groups -OCH3 is 2. The molecule has 0 bridgehead atoms. The molecular weight excluding hydrogens is 324 g/mol. The quantitative estimate of drug-likeness (QED) is 0.877. The number of piperidine rings is 1. The number of benzene rings is 1. The van der Waals surface area contributed by atoms with Crippen LogP contribution in [0.25, 0.3) is 0 Å². The van der Waals surface area contributed by atoms with Gasteiger partial charge < -0.3 is 20.1 Å². The Morgan fingerprint density at radius 2 is 1.80 bits per heavy atom. The summed E-state index contributed by atoms with van der Waals surface area (Å²) < 4.78 is 11.2. The van der Waals surface area contributed by atoms with E-state index < -0.39 is 0 Å². The first-order valence-corrected chi connectivity index (χ1v) is 7.38. The Kier molecular flexibility index (Phi) is 5.25. The van der Waals surface area contributed by atoms with Crippen LogP contribution in [-0.4, -0.2) is 39.3 Å². The van der Waals surface area contributed by atoms with Crippen molar-refractivity contribution in [2.75, 3.05) is 27.3 Å². The van der Waals surface area contributed by atoms with Crippen LogP contribution in [0.4, 0.5) is 0 Å². The van der Waals surface area contributed by atoms with Crippen molar-refractivity contribution in [3.8, 4) is 11.5 Å². The van der Waals surface area contributed by atoms with Crippen molar-refractivity contribution in [3.63, 3.8) is 0 Å². The third kappa shape index (κ3) is 3.43. The van der Waals surface area contributed by atoms with Crippen LogP contribution in [0.1, 0.15) is 23.2 Å². The lowest BCUT2D eigenvalue weighted by Crippen LogP contribution is -2.42. The number of halogens is 1. The first kappa shape index (κ1) is 15.1. The van der Waals surface area contributed by atoms with Crippen molar-refractivity contribution in [1.29, 1.82) is 0 Å². The van der Waals surface area contributed by atoms with Gasteiger partial charge >= 0.3 is 0 Å². The average Bonchev–Trinajstić information content (AvgIpc) is 2.48. The largest absolute Gasteiger partial charge is 0.495 e. The van der Waals surface area contributed by atoms with Crippen molar-refractivity contribution in [2.45, 2.75) is 18.9 Å². The van der Waals surface area contributed by atoms with Gasteiger partial charge in [0.05, 0.1) is 14.2 Å². The van der Waals surface area contributed by atoms with Gasteiger partial charge in [0.25, 0.3) is 5.91 Å². The number of hydrogen-bond acceptors (Lipinski definition) is 4. The molecule has 1 fully saturated rings. The van der Waals surface area contributed by atoms with Crippen LogP contribution < -0.4 is 20.1 Å². The summed E-state index contributed by atoms with van der Waals surface area (Å²) in [5.74, 6) is 1.07. The van der Waals surface area contributed by atoms with E-state index in [1.54, 1.807) is 26.4 Å². The molecule has 1 aliphatic rings. The van der Waals surface area contributed by atoms with Gasteiger partial charge in [-0.25, -0.2) is 0 Å². The topological polar surface area (TPSA) is 59.6 Å². The van der Waals surface area contributed by atoms with Gasteiger partial charge in [-0.05, 0) is 54.0 Å². The van der Waals surface area contributed by atoms with Crippen LogP contribution in [0.2, 0.25) is 0 Å². The van der Waals surface area contributed by atoms with Gasteiger partial charge in [0.2, 0.25) is 0 Å². The molecule has 1 aromatic rings. The number of rotatable bonds is 4. The van der Waals surface area contributed by atoms with E-state index in [1.807, 2.05) is 0 Å². The number of carbonyl (C=O) groups is 1. The van der Waals surface area contributed by atoms with E-state index in [0.29, 0.717) is 21.5 Å². The number of nitrogens with one attached hydrogen (secondary N) is 2. The molecule has 1 heterocycles. The molecule has 1 saturated heterocycles. The Bertz CT molecular complexity index is 462. The predicted molar refractivity (Wildman–Crippen MR) is 80.6 cm³/mol. The second-order valence-corrected chi connectivity index (χ2v) is 5.49. The average molecular weight is 343 g/mol. The van der Waals surface area contributed by atoms with Crippen LogP contribution in [0, 0.1) is 0 Å². The summed E-state index contributed by atoms with van der Waals surface area (Å²) in [6.45, 7) is 1.88. The molecule has 5 nitrogen and oxygen atoms in total. The zero-order valence-corrected chi connectivity index (χ0v) is 13.2. The molecule has 0 aliphatic carbocycles. The van der Waals surface area contributed by atoms with Gasteiger partial charge in [0, 0.05) is 11.6 Å². The maximum atomic E-state index is 12.3. The van der Waals surface area contributed by atoms with Gasteiger partial charge in [0.15, 0.2) is 0 Å². The monoisotopic (exact) mass is 342 g/mol. The third-order valence-corrected chi connectivity index (χ3v) is 4.16. The van der Waals surface area contributed by atoms with Crippen LogP contribution in [0.5, 0.6) is 11.5 Å². The van der Waals surface area contributed by atoms with Crippen molar-refractivity contribution < 1.29 is 14.3 Å². The van der Waals surface area contributed by atoms with Gasteiger partial charge in [-0.2, -0.15) is 0 Å². The van der Waals surface area contributed by atoms with Crippen molar-refractivity contribution >= 4 is 21.8 Å². The molecule has 1 aliphatic heterocycles. The minimum Gasteiger partial charge on any atom is -0.495 e. The standard InChI is InChI=1S/C14H19BrN2O3/c1-19-11-7-9(8-12(20-2)13(11)15)14(18)17-10-3-5-16-6-4-10/h7-8,10,16H,3-6H2,1-2H3,(H,17,18). The molecule has 0 unspecified atom stereocenters. The number of amides is 1. The number of carbonyl (C=O) groups excluding carboxylic acids is 1. The molecular formula is C14H19BrN2O3. The molecule has 6 heteroatoms.